The first-order valence-electron chi connectivity index (χ1n) is 14.2. The third kappa shape index (κ3) is 4.46. The average molecular weight is 612 g/mol. The molecule has 5 heterocycles. The predicted molar refractivity (Wildman–Crippen MR) is 159 cm³/mol. The van der Waals surface area contributed by atoms with Gasteiger partial charge in [0.25, 0.3) is 0 Å². The molecular formula is C30H29F4N7OS. The smallest absolute Gasteiger partial charge is 0.319 e. The fourth-order valence-electron chi connectivity index (χ4n) is 7.02. The van der Waals surface area contributed by atoms with Crippen molar-refractivity contribution < 1.29 is 22.3 Å². The Bertz CT molecular complexity index is 1800. The van der Waals surface area contributed by atoms with Crippen LogP contribution in [0, 0.1) is 24.0 Å². The summed E-state index contributed by atoms with van der Waals surface area (Å²) in [4.78, 5) is 16.5. The first-order chi connectivity index (χ1) is 20.7. The maximum atomic E-state index is 16.6. The number of halogens is 4. The summed E-state index contributed by atoms with van der Waals surface area (Å²) in [7, 11) is 1.81. The molecule has 3 atom stereocenters. The van der Waals surface area contributed by atoms with E-state index in [0.29, 0.717) is 25.3 Å². The Morgan fingerprint density at radius 3 is 2.88 bits per heavy atom. The molecule has 0 unspecified atom stereocenters. The number of rotatable bonds is 6. The number of hydrogen-bond donors (Lipinski definition) is 2. The number of nitrogens with two attached hydrogens (primary N) is 1. The summed E-state index contributed by atoms with van der Waals surface area (Å²) in [6.07, 6.45) is 1.92. The van der Waals surface area contributed by atoms with Crippen molar-refractivity contribution in [1.29, 1.82) is 0 Å². The molecule has 0 bridgehead atoms. The van der Waals surface area contributed by atoms with Crippen LogP contribution in [0.2, 0.25) is 0 Å². The van der Waals surface area contributed by atoms with E-state index in [0.717, 1.165) is 49.8 Å². The van der Waals surface area contributed by atoms with Gasteiger partial charge >= 0.3 is 6.01 Å². The lowest BCUT2D eigenvalue weighted by atomic mass is 9.95. The lowest BCUT2D eigenvalue weighted by Gasteiger charge is -2.31. The molecule has 0 amide bonds. The van der Waals surface area contributed by atoms with Crippen LogP contribution in [0.3, 0.4) is 0 Å². The Hall–Kier alpha value is -3.73. The molecular weight excluding hydrogens is 582 g/mol. The van der Waals surface area contributed by atoms with Crippen LogP contribution in [0.1, 0.15) is 25.7 Å². The summed E-state index contributed by atoms with van der Waals surface area (Å²) >= 11 is 0.858. The molecule has 0 saturated carbocycles. The van der Waals surface area contributed by atoms with E-state index in [9.17, 15) is 8.78 Å². The third-order valence-corrected chi connectivity index (χ3v) is 10.2. The number of fused-ring (bicyclic) bond motifs is 3. The second-order valence-electron chi connectivity index (χ2n) is 11.6. The van der Waals surface area contributed by atoms with Crippen LogP contribution in [0.4, 0.5) is 34.1 Å². The number of nitrogens with one attached hydrogen (secondary N) is 1. The van der Waals surface area contributed by atoms with Gasteiger partial charge in [-0.05, 0) is 50.0 Å². The molecule has 2 aromatic heterocycles. The monoisotopic (exact) mass is 611 g/mol. The number of thiophene rings is 1. The van der Waals surface area contributed by atoms with E-state index in [-0.39, 0.29) is 55.9 Å². The van der Waals surface area contributed by atoms with Crippen molar-refractivity contribution in [2.75, 3.05) is 50.5 Å². The van der Waals surface area contributed by atoms with Gasteiger partial charge in [-0.15, -0.1) is 11.3 Å². The minimum absolute atomic E-state index is 0.00339. The minimum atomic E-state index is -0.986. The van der Waals surface area contributed by atoms with Gasteiger partial charge in [0.2, 0.25) is 5.69 Å². The van der Waals surface area contributed by atoms with Gasteiger partial charge in [0.1, 0.15) is 35.7 Å². The maximum Gasteiger partial charge on any atom is 0.319 e. The molecule has 3 aliphatic heterocycles. The molecule has 13 heteroatoms. The van der Waals surface area contributed by atoms with Crippen molar-refractivity contribution in [3.05, 3.63) is 47.1 Å². The second-order valence-corrected chi connectivity index (χ2v) is 12.7. The number of alkyl halides is 1. The normalized spacial score (nSPS) is 23.7. The van der Waals surface area contributed by atoms with E-state index >= 15 is 8.78 Å². The number of likely N-dealkylation sites (N-methyl/N-ethyl adjacent to an activating group) is 1. The molecule has 8 nitrogen and oxygen atoms in total. The highest BCUT2D eigenvalue weighted by molar-refractivity contribution is 7.23. The Morgan fingerprint density at radius 1 is 1.28 bits per heavy atom. The molecule has 224 valence electrons. The van der Waals surface area contributed by atoms with Crippen molar-refractivity contribution in [1.82, 2.24) is 20.2 Å². The lowest BCUT2D eigenvalue weighted by molar-refractivity contribution is 0.107. The highest BCUT2D eigenvalue weighted by atomic mass is 32.1. The lowest BCUT2D eigenvalue weighted by Crippen LogP contribution is -2.43. The van der Waals surface area contributed by atoms with Crippen molar-refractivity contribution in [3.8, 4) is 17.1 Å². The number of nitrogen functional groups attached to an aromatic ring is 1. The fourth-order valence-corrected chi connectivity index (χ4v) is 7.96. The van der Waals surface area contributed by atoms with E-state index in [2.05, 4.69) is 25.0 Å². The number of benzene rings is 2. The zero-order chi connectivity index (χ0) is 30.0. The predicted octanol–water partition coefficient (Wildman–Crippen LogP) is 5.82. The summed E-state index contributed by atoms with van der Waals surface area (Å²) < 4.78 is 67.9. The molecule has 7 rings (SSSR count). The van der Waals surface area contributed by atoms with Crippen LogP contribution in [0.5, 0.6) is 6.01 Å². The third-order valence-electron chi connectivity index (χ3n) is 9.16. The summed E-state index contributed by atoms with van der Waals surface area (Å²) in [6.45, 7) is 10.3. The summed E-state index contributed by atoms with van der Waals surface area (Å²) in [6, 6.07) is 3.47. The van der Waals surface area contributed by atoms with Crippen LogP contribution in [0.25, 0.3) is 37.0 Å². The van der Waals surface area contributed by atoms with Gasteiger partial charge in [0, 0.05) is 43.4 Å². The van der Waals surface area contributed by atoms with E-state index in [1.165, 1.54) is 12.1 Å². The van der Waals surface area contributed by atoms with Crippen LogP contribution < -0.4 is 20.7 Å². The van der Waals surface area contributed by atoms with E-state index in [4.69, 9.17) is 17.0 Å². The van der Waals surface area contributed by atoms with E-state index in [1.54, 1.807) is 0 Å². The number of hydrogen-bond acceptors (Lipinski definition) is 8. The Morgan fingerprint density at radius 2 is 2.12 bits per heavy atom. The fraction of sp³-hybridized carbons (Fsp3) is 0.433. The first-order valence-corrected chi connectivity index (χ1v) is 15.1. The van der Waals surface area contributed by atoms with Gasteiger partial charge in [0.15, 0.2) is 5.82 Å². The summed E-state index contributed by atoms with van der Waals surface area (Å²) in [5, 5.41) is 3.56. The van der Waals surface area contributed by atoms with Gasteiger partial charge in [-0.25, -0.2) is 22.4 Å². The quantitative estimate of drug-likeness (QED) is 0.210. The highest BCUT2D eigenvalue weighted by Gasteiger charge is 2.49. The van der Waals surface area contributed by atoms with Crippen molar-refractivity contribution in [2.24, 2.45) is 0 Å². The van der Waals surface area contributed by atoms with Crippen LogP contribution >= 0.6 is 11.3 Å². The molecule has 0 radical (unpaired) electrons. The van der Waals surface area contributed by atoms with Gasteiger partial charge in [0.05, 0.1) is 27.4 Å². The number of nitrogens with zero attached hydrogens (tertiary/aromatic N) is 5. The number of ether oxygens (including phenoxy) is 1. The maximum absolute atomic E-state index is 16.6. The molecule has 4 aromatic rings. The van der Waals surface area contributed by atoms with Gasteiger partial charge < -0.3 is 20.7 Å². The van der Waals surface area contributed by atoms with E-state index < -0.39 is 34.7 Å². The highest BCUT2D eigenvalue weighted by Crippen LogP contribution is 2.48. The SMILES string of the molecule is [C-]#[N+]c1c(N)sc2c(F)ccc(-c3c(F)cc4c(N(C)[C@H]5CCNC5)nc(OC[C@@]56CCCN5C[C@H](F)C6)nc4c3F)c12. The first kappa shape index (κ1) is 28.1. The second kappa shape index (κ2) is 10.5. The molecule has 3 saturated heterocycles. The molecule has 2 aromatic carbocycles. The van der Waals surface area contributed by atoms with Crippen LogP contribution in [-0.2, 0) is 0 Å². The standard InChI is InChI=1S/C30H29F4N7OS/c1-36-25-22-17(4-5-19(32)26(22)43-27(25)35)21-20(33)10-18-24(23(21)34)38-29(39-28(18)40(2)16-6-8-37-12-16)42-14-30-7-3-9-41(30)13-15(31)11-30/h4-5,10,15-16,37H,3,6-9,11-14,35H2,2H3/t15-,16+,30+/m1/s1. The van der Waals surface area contributed by atoms with Gasteiger partial charge in [-0.3, -0.25) is 4.90 Å². The zero-order valence-electron chi connectivity index (χ0n) is 23.4. The number of anilines is 2. The van der Waals surface area contributed by atoms with E-state index in [1.807, 2.05) is 11.9 Å². The number of aromatic nitrogens is 2. The Balaban J connectivity index is 1.39. The average Bonchev–Trinajstić information content (AvgIpc) is 3.76. The largest absolute Gasteiger partial charge is 0.461 e. The molecule has 3 aliphatic rings. The molecule has 0 spiro atoms. The van der Waals surface area contributed by atoms with Crippen LogP contribution in [-0.4, -0.2) is 72.5 Å². The summed E-state index contributed by atoms with van der Waals surface area (Å²) in [5.74, 6) is -2.22. The topological polar surface area (TPSA) is 83.9 Å². The van der Waals surface area contributed by atoms with Crippen molar-refractivity contribution >= 4 is 48.8 Å². The van der Waals surface area contributed by atoms with Crippen molar-refractivity contribution in [2.45, 2.75) is 43.4 Å². The summed E-state index contributed by atoms with van der Waals surface area (Å²) in [5.41, 5.74) is 4.84. The van der Waals surface area contributed by atoms with Gasteiger partial charge in [-0.2, -0.15) is 9.97 Å². The van der Waals surface area contributed by atoms with Gasteiger partial charge in [-0.1, -0.05) is 6.07 Å². The van der Waals surface area contributed by atoms with Crippen LogP contribution in [0.15, 0.2) is 18.2 Å². The molecule has 3 fully saturated rings. The molecule has 0 aliphatic carbocycles. The minimum Gasteiger partial charge on any atom is -0.461 e. The molecule has 43 heavy (non-hydrogen) atoms. The zero-order valence-corrected chi connectivity index (χ0v) is 24.2. The Kier molecular flexibility index (Phi) is 6.83. The Labute approximate surface area is 249 Å². The molecule has 3 N–H and O–H groups in total. The van der Waals surface area contributed by atoms with Crippen molar-refractivity contribution in [3.63, 3.8) is 0 Å².